The molecule has 2 fully saturated rings. The van der Waals surface area contributed by atoms with Gasteiger partial charge in [-0.1, -0.05) is 43.5 Å². The normalized spacial score (nSPS) is 20.3. The molecule has 6 heteroatoms. The first-order chi connectivity index (χ1) is 17.8. The van der Waals surface area contributed by atoms with Crippen LogP contribution in [0.5, 0.6) is 11.5 Å². The molecule has 0 amide bonds. The SMILES string of the molecule is S=C1N[C@@H](c2ccccn2)[C@@H](c2cccn2C2CCCCC2)N1c1ccc(Oc2ccccc2)cc1. The molecule has 6 rings (SSSR count). The molecule has 2 aromatic carbocycles. The van der Waals surface area contributed by atoms with Gasteiger partial charge in [-0.3, -0.25) is 4.98 Å². The van der Waals surface area contributed by atoms with Gasteiger partial charge in [-0.2, -0.15) is 0 Å². The molecule has 2 aliphatic rings. The number of anilines is 1. The number of thiocarbonyl (C=S) groups is 1. The number of benzene rings is 2. The Hall–Kier alpha value is -3.64. The van der Waals surface area contributed by atoms with E-state index in [1.165, 1.54) is 37.8 Å². The molecule has 2 atom stereocenters. The molecule has 0 unspecified atom stereocenters. The smallest absolute Gasteiger partial charge is 0.174 e. The van der Waals surface area contributed by atoms with Gasteiger partial charge in [0, 0.05) is 29.8 Å². The van der Waals surface area contributed by atoms with Crippen LogP contribution in [0, 0.1) is 0 Å². The summed E-state index contributed by atoms with van der Waals surface area (Å²) in [5.41, 5.74) is 3.30. The molecule has 3 heterocycles. The standard InChI is InChI=1S/C30H30N4OS/c36-30-32-28(26-14-7-8-20-31-26)29(27-15-9-21-33(27)22-10-3-1-4-11-22)34(30)23-16-18-25(19-17-23)35-24-12-5-2-6-13-24/h2,5-9,12-22,28-29H,1,3-4,10-11H2,(H,32,36)/t28-,29+/m0/s1. The highest BCUT2D eigenvalue weighted by Gasteiger charge is 2.42. The van der Waals surface area contributed by atoms with Gasteiger partial charge in [-0.15, -0.1) is 0 Å². The predicted octanol–water partition coefficient (Wildman–Crippen LogP) is 7.36. The van der Waals surface area contributed by atoms with E-state index in [-0.39, 0.29) is 12.1 Å². The second-order valence-corrected chi connectivity index (χ2v) is 9.92. The third kappa shape index (κ3) is 4.49. The third-order valence-electron chi connectivity index (χ3n) is 7.27. The molecule has 182 valence electrons. The molecular formula is C30H30N4OS. The van der Waals surface area contributed by atoms with Gasteiger partial charge >= 0.3 is 0 Å². The molecule has 1 aliphatic carbocycles. The van der Waals surface area contributed by atoms with Crippen LogP contribution in [0.1, 0.15) is 61.6 Å². The van der Waals surface area contributed by atoms with Crippen molar-refractivity contribution in [1.82, 2.24) is 14.9 Å². The lowest BCUT2D eigenvalue weighted by molar-refractivity contribution is 0.340. The van der Waals surface area contributed by atoms with Crippen molar-refractivity contribution >= 4 is 23.0 Å². The van der Waals surface area contributed by atoms with Crippen LogP contribution < -0.4 is 15.0 Å². The van der Waals surface area contributed by atoms with Crippen LogP contribution in [-0.4, -0.2) is 14.7 Å². The first kappa shape index (κ1) is 22.8. The van der Waals surface area contributed by atoms with Gasteiger partial charge in [-0.25, -0.2) is 0 Å². The largest absolute Gasteiger partial charge is 0.457 e. The van der Waals surface area contributed by atoms with Crippen LogP contribution in [-0.2, 0) is 0 Å². The Bertz CT molecular complexity index is 1300. The predicted molar refractivity (Wildman–Crippen MR) is 147 cm³/mol. The number of ether oxygens (including phenoxy) is 1. The Kier molecular flexibility index (Phi) is 6.43. The number of para-hydroxylation sites is 1. The second-order valence-electron chi connectivity index (χ2n) is 9.54. The molecule has 0 radical (unpaired) electrons. The fourth-order valence-corrected chi connectivity index (χ4v) is 5.93. The Morgan fingerprint density at radius 3 is 2.31 bits per heavy atom. The second kappa shape index (κ2) is 10.2. The van der Waals surface area contributed by atoms with Crippen molar-refractivity contribution in [2.45, 2.75) is 50.2 Å². The number of aromatic nitrogens is 2. The first-order valence-corrected chi connectivity index (χ1v) is 13.2. The van der Waals surface area contributed by atoms with E-state index >= 15 is 0 Å². The lowest BCUT2D eigenvalue weighted by Gasteiger charge is -2.32. The van der Waals surface area contributed by atoms with Crippen LogP contribution in [0.4, 0.5) is 5.69 Å². The fraction of sp³-hybridized carbons (Fsp3) is 0.267. The number of nitrogens with one attached hydrogen (secondary N) is 1. The Morgan fingerprint density at radius 2 is 1.56 bits per heavy atom. The minimum absolute atomic E-state index is 0.00906. The van der Waals surface area contributed by atoms with E-state index in [1.807, 2.05) is 60.8 Å². The van der Waals surface area contributed by atoms with E-state index in [1.54, 1.807) is 0 Å². The van der Waals surface area contributed by atoms with Crippen molar-refractivity contribution in [3.05, 3.63) is 109 Å². The van der Waals surface area contributed by atoms with Gasteiger partial charge in [0.2, 0.25) is 0 Å². The number of rotatable bonds is 6. The van der Waals surface area contributed by atoms with Gasteiger partial charge in [0.15, 0.2) is 5.11 Å². The zero-order valence-corrected chi connectivity index (χ0v) is 21.0. The van der Waals surface area contributed by atoms with Crippen molar-refractivity contribution in [3.8, 4) is 11.5 Å². The number of hydrogen-bond acceptors (Lipinski definition) is 3. The van der Waals surface area contributed by atoms with E-state index in [2.05, 4.69) is 51.3 Å². The third-order valence-corrected chi connectivity index (χ3v) is 7.59. The summed E-state index contributed by atoms with van der Waals surface area (Å²) in [6.45, 7) is 0. The van der Waals surface area contributed by atoms with E-state index in [0.29, 0.717) is 11.2 Å². The van der Waals surface area contributed by atoms with Gasteiger partial charge in [0.05, 0.1) is 11.7 Å². The molecule has 5 nitrogen and oxygen atoms in total. The summed E-state index contributed by atoms with van der Waals surface area (Å²) in [6, 6.07) is 29.1. The van der Waals surface area contributed by atoms with E-state index in [4.69, 9.17) is 21.9 Å². The van der Waals surface area contributed by atoms with Crippen LogP contribution in [0.3, 0.4) is 0 Å². The highest BCUT2D eigenvalue weighted by molar-refractivity contribution is 7.80. The van der Waals surface area contributed by atoms with Crippen molar-refractivity contribution < 1.29 is 4.74 Å². The highest BCUT2D eigenvalue weighted by atomic mass is 32.1. The maximum atomic E-state index is 6.03. The van der Waals surface area contributed by atoms with Crippen LogP contribution in [0.25, 0.3) is 0 Å². The van der Waals surface area contributed by atoms with Crippen molar-refractivity contribution in [1.29, 1.82) is 0 Å². The summed E-state index contributed by atoms with van der Waals surface area (Å²) in [4.78, 5) is 6.95. The Balaban J connectivity index is 1.36. The maximum Gasteiger partial charge on any atom is 0.174 e. The summed E-state index contributed by atoms with van der Waals surface area (Å²) in [5.74, 6) is 1.62. The molecule has 1 saturated carbocycles. The maximum absolute atomic E-state index is 6.03. The quantitative estimate of drug-likeness (QED) is 0.284. The molecule has 1 saturated heterocycles. The van der Waals surface area contributed by atoms with Crippen molar-refractivity contribution in [2.75, 3.05) is 4.90 Å². The van der Waals surface area contributed by atoms with Gasteiger partial charge in [-0.05, 0) is 85.7 Å². The molecule has 1 aliphatic heterocycles. The molecule has 2 aromatic heterocycles. The topological polar surface area (TPSA) is 42.3 Å². The summed E-state index contributed by atoms with van der Waals surface area (Å²) in [6.07, 6.45) is 10.5. The summed E-state index contributed by atoms with van der Waals surface area (Å²) in [7, 11) is 0. The minimum atomic E-state index is -0.0452. The monoisotopic (exact) mass is 494 g/mol. The van der Waals surface area contributed by atoms with E-state index < -0.39 is 0 Å². The average molecular weight is 495 g/mol. The van der Waals surface area contributed by atoms with Crippen molar-refractivity contribution in [2.24, 2.45) is 0 Å². The Labute approximate surface area is 217 Å². The minimum Gasteiger partial charge on any atom is -0.457 e. The highest BCUT2D eigenvalue weighted by Crippen LogP contribution is 2.43. The van der Waals surface area contributed by atoms with E-state index in [9.17, 15) is 0 Å². The van der Waals surface area contributed by atoms with E-state index in [0.717, 1.165) is 22.9 Å². The molecule has 4 aromatic rings. The van der Waals surface area contributed by atoms with Gasteiger partial charge < -0.3 is 19.5 Å². The number of pyridine rings is 1. The average Bonchev–Trinajstić information content (AvgIpc) is 3.55. The number of nitrogens with zero attached hydrogens (tertiary/aromatic N) is 3. The fourth-order valence-electron chi connectivity index (χ4n) is 5.58. The summed E-state index contributed by atoms with van der Waals surface area (Å²) >= 11 is 5.93. The molecule has 36 heavy (non-hydrogen) atoms. The molecule has 0 bridgehead atoms. The van der Waals surface area contributed by atoms with Crippen LogP contribution >= 0.6 is 12.2 Å². The molecular weight excluding hydrogens is 464 g/mol. The van der Waals surface area contributed by atoms with Crippen LogP contribution in [0.2, 0.25) is 0 Å². The Morgan fingerprint density at radius 1 is 0.806 bits per heavy atom. The van der Waals surface area contributed by atoms with Gasteiger partial charge in [0.1, 0.15) is 17.5 Å². The molecule has 1 N–H and O–H groups in total. The molecule has 0 spiro atoms. The zero-order valence-electron chi connectivity index (χ0n) is 20.2. The summed E-state index contributed by atoms with van der Waals surface area (Å²) in [5, 5.41) is 4.30. The lowest BCUT2D eigenvalue weighted by Crippen LogP contribution is -2.31. The number of hydrogen-bond donors (Lipinski definition) is 1. The van der Waals surface area contributed by atoms with Crippen LogP contribution in [0.15, 0.2) is 97.3 Å². The summed E-state index contributed by atoms with van der Waals surface area (Å²) < 4.78 is 8.53. The van der Waals surface area contributed by atoms with Crippen molar-refractivity contribution in [3.63, 3.8) is 0 Å². The zero-order chi connectivity index (χ0) is 24.3. The lowest BCUT2D eigenvalue weighted by atomic mass is 9.94. The first-order valence-electron chi connectivity index (χ1n) is 12.8. The van der Waals surface area contributed by atoms with Gasteiger partial charge in [0.25, 0.3) is 0 Å².